The third-order valence-corrected chi connectivity index (χ3v) is 7.16. The first kappa shape index (κ1) is 22.9. The number of aromatic nitrogens is 4. The van der Waals surface area contributed by atoms with Crippen molar-refractivity contribution >= 4 is 28.7 Å². The third kappa shape index (κ3) is 4.56. The SMILES string of the molecule is CN(c1ncc2nc(Nc3ccc(F)cc3F)n([C@H]3CC[C@@H](O)CC3)c2n1)[C@H]1CC[C@H](O)CC1. The van der Waals surface area contributed by atoms with Gasteiger partial charge in [0.1, 0.15) is 17.2 Å². The summed E-state index contributed by atoms with van der Waals surface area (Å²) < 4.78 is 29.8. The molecule has 10 heteroatoms. The molecule has 182 valence electrons. The van der Waals surface area contributed by atoms with Crippen LogP contribution in [-0.2, 0) is 0 Å². The van der Waals surface area contributed by atoms with E-state index in [2.05, 4.69) is 20.2 Å². The summed E-state index contributed by atoms with van der Waals surface area (Å²) in [5.41, 5.74) is 1.34. The van der Waals surface area contributed by atoms with E-state index in [1.54, 1.807) is 6.20 Å². The Kier molecular flexibility index (Phi) is 6.35. The standard InChI is InChI=1S/C24H30F2N6O2/c1-31(15-3-7-17(33)8-4-15)23-27-13-21-22(30-23)32(16-5-9-18(34)10-6-16)24(29-21)28-20-11-2-14(25)12-19(20)26/h2,11-13,15-18,33-34H,3-10H2,1H3,(H,28,29)/t15-,16-,17-,18+. The van der Waals surface area contributed by atoms with Crippen molar-refractivity contribution in [1.82, 2.24) is 19.5 Å². The fraction of sp³-hybridized carbons (Fsp3) is 0.542. The van der Waals surface area contributed by atoms with Gasteiger partial charge in [-0.15, -0.1) is 0 Å². The van der Waals surface area contributed by atoms with Crippen molar-refractivity contribution < 1.29 is 19.0 Å². The summed E-state index contributed by atoms with van der Waals surface area (Å²) in [6, 6.07) is 3.65. The Morgan fingerprint density at radius 1 is 0.971 bits per heavy atom. The highest BCUT2D eigenvalue weighted by Gasteiger charge is 2.28. The summed E-state index contributed by atoms with van der Waals surface area (Å²) in [4.78, 5) is 16.1. The molecule has 0 saturated heterocycles. The van der Waals surface area contributed by atoms with Crippen LogP contribution in [0.4, 0.5) is 26.4 Å². The molecule has 2 heterocycles. The average molecular weight is 473 g/mol. The van der Waals surface area contributed by atoms with Gasteiger partial charge in [-0.3, -0.25) is 4.57 Å². The minimum atomic E-state index is -0.705. The van der Waals surface area contributed by atoms with Crippen LogP contribution in [0, 0.1) is 11.6 Å². The highest BCUT2D eigenvalue weighted by atomic mass is 19.1. The number of imidazole rings is 1. The van der Waals surface area contributed by atoms with Crippen LogP contribution in [-0.4, -0.2) is 55.0 Å². The van der Waals surface area contributed by atoms with Gasteiger partial charge >= 0.3 is 0 Å². The zero-order valence-corrected chi connectivity index (χ0v) is 19.2. The molecule has 0 unspecified atom stereocenters. The summed E-state index contributed by atoms with van der Waals surface area (Å²) in [5, 5.41) is 22.9. The number of aliphatic hydroxyl groups is 2. The van der Waals surface area contributed by atoms with Crippen molar-refractivity contribution in [3.05, 3.63) is 36.0 Å². The van der Waals surface area contributed by atoms with Gasteiger partial charge in [0.25, 0.3) is 0 Å². The first-order chi connectivity index (χ1) is 16.4. The van der Waals surface area contributed by atoms with E-state index in [-0.39, 0.29) is 30.0 Å². The molecule has 5 rings (SSSR count). The molecule has 0 atom stereocenters. The van der Waals surface area contributed by atoms with Gasteiger partial charge < -0.3 is 20.4 Å². The molecule has 0 spiro atoms. The molecule has 3 N–H and O–H groups in total. The molecule has 0 aliphatic heterocycles. The van der Waals surface area contributed by atoms with E-state index in [0.29, 0.717) is 35.9 Å². The number of fused-ring (bicyclic) bond motifs is 1. The second kappa shape index (κ2) is 9.42. The molecular formula is C24H30F2N6O2. The van der Waals surface area contributed by atoms with Crippen LogP contribution >= 0.6 is 0 Å². The number of nitrogens with zero attached hydrogens (tertiary/aromatic N) is 5. The molecule has 2 aromatic heterocycles. The van der Waals surface area contributed by atoms with E-state index in [1.165, 1.54) is 12.1 Å². The maximum atomic E-state index is 14.4. The number of aliphatic hydroxyl groups excluding tert-OH is 2. The van der Waals surface area contributed by atoms with Crippen molar-refractivity contribution in [2.45, 2.75) is 75.7 Å². The maximum absolute atomic E-state index is 14.4. The maximum Gasteiger partial charge on any atom is 0.227 e. The minimum absolute atomic E-state index is 0.0253. The molecule has 0 bridgehead atoms. The van der Waals surface area contributed by atoms with Gasteiger partial charge in [0.15, 0.2) is 5.65 Å². The van der Waals surface area contributed by atoms with Gasteiger partial charge in [0, 0.05) is 25.2 Å². The largest absolute Gasteiger partial charge is 0.393 e. The van der Waals surface area contributed by atoms with Gasteiger partial charge in [-0.1, -0.05) is 0 Å². The smallest absolute Gasteiger partial charge is 0.227 e. The van der Waals surface area contributed by atoms with Crippen LogP contribution in [0.1, 0.15) is 57.4 Å². The summed E-state index contributed by atoms with van der Waals surface area (Å²) in [6.07, 6.45) is 7.18. The average Bonchev–Trinajstić information content (AvgIpc) is 3.18. The molecule has 0 radical (unpaired) electrons. The number of anilines is 3. The third-order valence-electron chi connectivity index (χ3n) is 7.16. The van der Waals surface area contributed by atoms with Gasteiger partial charge in [0.2, 0.25) is 11.9 Å². The fourth-order valence-electron chi connectivity index (χ4n) is 5.12. The molecular weight excluding hydrogens is 442 g/mol. The van der Waals surface area contributed by atoms with E-state index in [0.717, 1.165) is 44.6 Å². The van der Waals surface area contributed by atoms with Crippen LogP contribution < -0.4 is 10.2 Å². The van der Waals surface area contributed by atoms with Gasteiger partial charge in [-0.25, -0.2) is 18.7 Å². The van der Waals surface area contributed by atoms with Crippen molar-refractivity contribution in [3.8, 4) is 0 Å². The number of hydrogen-bond donors (Lipinski definition) is 3. The van der Waals surface area contributed by atoms with E-state index in [9.17, 15) is 19.0 Å². The van der Waals surface area contributed by atoms with Gasteiger partial charge in [-0.05, 0) is 63.5 Å². The first-order valence-corrected chi connectivity index (χ1v) is 11.9. The van der Waals surface area contributed by atoms with E-state index in [4.69, 9.17) is 4.98 Å². The molecule has 2 fully saturated rings. The van der Waals surface area contributed by atoms with Crippen molar-refractivity contribution in [3.63, 3.8) is 0 Å². The second-order valence-corrected chi connectivity index (χ2v) is 9.47. The van der Waals surface area contributed by atoms with Crippen molar-refractivity contribution in [2.75, 3.05) is 17.3 Å². The Bertz CT molecular complexity index is 1160. The topological polar surface area (TPSA) is 99.3 Å². The number of benzene rings is 1. The molecule has 2 aliphatic rings. The Labute approximate surface area is 196 Å². The van der Waals surface area contributed by atoms with Crippen molar-refractivity contribution in [2.24, 2.45) is 0 Å². The van der Waals surface area contributed by atoms with Crippen LogP contribution in [0.15, 0.2) is 24.4 Å². The lowest BCUT2D eigenvalue weighted by Crippen LogP contribution is -2.37. The van der Waals surface area contributed by atoms with Crippen LogP contribution in [0.2, 0.25) is 0 Å². The lowest BCUT2D eigenvalue weighted by molar-refractivity contribution is 0.112. The Morgan fingerprint density at radius 2 is 1.65 bits per heavy atom. The molecule has 3 aromatic rings. The molecule has 0 amide bonds. The van der Waals surface area contributed by atoms with Gasteiger partial charge in [-0.2, -0.15) is 4.98 Å². The number of halogens is 2. The van der Waals surface area contributed by atoms with E-state index in [1.807, 2.05) is 11.6 Å². The minimum Gasteiger partial charge on any atom is -0.393 e. The predicted molar refractivity (Wildman–Crippen MR) is 125 cm³/mol. The highest BCUT2D eigenvalue weighted by Crippen LogP contribution is 2.36. The summed E-state index contributed by atoms with van der Waals surface area (Å²) in [5.74, 6) is -0.363. The summed E-state index contributed by atoms with van der Waals surface area (Å²) >= 11 is 0. The lowest BCUT2D eigenvalue weighted by Gasteiger charge is -2.33. The number of rotatable bonds is 5. The van der Waals surface area contributed by atoms with E-state index >= 15 is 0 Å². The summed E-state index contributed by atoms with van der Waals surface area (Å²) in [7, 11) is 1.97. The molecule has 8 nitrogen and oxygen atoms in total. The molecule has 2 aliphatic carbocycles. The second-order valence-electron chi connectivity index (χ2n) is 9.47. The van der Waals surface area contributed by atoms with Gasteiger partial charge in [0.05, 0.1) is 24.1 Å². The molecule has 1 aromatic carbocycles. The van der Waals surface area contributed by atoms with Crippen LogP contribution in [0.25, 0.3) is 11.2 Å². The Balaban J connectivity index is 1.52. The highest BCUT2D eigenvalue weighted by molar-refractivity contribution is 5.76. The quantitative estimate of drug-likeness (QED) is 0.515. The number of nitrogens with one attached hydrogen (secondary N) is 1. The zero-order valence-electron chi connectivity index (χ0n) is 19.2. The first-order valence-electron chi connectivity index (χ1n) is 11.9. The monoisotopic (exact) mass is 472 g/mol. The normalized spacial score (nSPS) is 25.4. The Morgan fingerprint density at radius 3 is 2.32 bits per heavy atom. The van der Waals surface area contributed by atoms with E-state index < -0.39 is 11.6 Å². The van der Waals surface area contributed by atoms with Crippen molar-refractivity contribution in [1.29, 1.82) is 0 Å². The predicted octanol–water partition coefficient (Wildman–Crippen LogP) is 4.06. The Hall–Kier alpha value is -2.85. The lowest BCUT2D eigenvalue weighted by atomic mass is 9.92. The fourth-order valence-corrected chi connectivity index (χ4v) is 5.12. The summed E-state index contributed by atoms with van der Waals surface area (Å²) in [6.45, 7) is 0. The molecule has 34 heavy (non-hydrogen) atoms. The van der Waals surface area contributed by atoms with Crippen LogP contribution in [0.3, 0.4) is 0 Å². The zero-order chi connectivity index (χ0) is 23.8. The van der Waals surface area contributed by atoms with Crippen LogP contribution in [0.5, 0.6) is 0 Å². The number of hydrogen-bond acceptors (Lipinski definition) is 7. The molecule has 2 saturated carbocycles.